The van der Waals surface area contributed by atoms with E-state index in [1.54, 1.807) is 29.4 Å². The molecule has 1 aliphatic heterocycles. The smallest absolute Gasteiger partial charge is 0.296 e. The third kappa shape index (κ3) is 5.90. The van der Waals surface area contributed by atoms with Crippen molar-refractivity contribution in [1.82, 2.24) is 19.1 Å². The first-order chi connectivity index (χ1) is 23.3. The summed E-state index contributed by atoms with van der Waals surface area (Å²) in [7, 11) is 1.79. The van der Waals surface area contributed by atoms with Crippen LogP contribution in [0.1, 0.15) is 16.8 Å². The molecule has 1 aliphatic rings. The summed E-state index contributed by atoms with van der Waals surface area (Å²) in [6.45, 7) is 2.11. The van der Waals surface area contributed by atoms with Gasteiger partial charge in [0.1, 0.15) is 23.7 Å². The molecule has 0 atom stereocenters. The predicted octanol–water partition coefficient (Wildman–Crippen LogP) is 7.98. The number of para-hydroxylation sites is 2. The highest BCUT2D eigenvalue weighted by molar-refractivity contribution is 8.27. The number of benzene rings is 4. The fourth-order valence-electron chi connectivity index (χ4n) is 5.55. The van der Waals surface area contributed by atoms with E-state index >= 15 is 0 Å². The summed E-state index contributed by atoms with van der Waals surface area (Å²) < 4.78 is 11.4. The quantitative estimate of drug-likeness (QED) is 0.119. The number of halogens is 1. The van der Waals surface area contributed by atoms with Gasteiger partial charge in [-0.15, -0.1) is 0 Å². The molecule has 0 bridgehead atoms. The summed E-state index contributed by atoms with van der Waals surface area (Å²) >= 11 is 13.2. The monoisotopic (exact) mass is 689 g/mol. The van der Waals surface area contributed by atoms with Crippen molar-refractivity contribution >= 4 is 57.6 Å². The van der Waals surface area contributed by atoms with Gasteiger partial charge in [0.05, 0.1) is 22.0 Å². The molecular weight excluding hydrogens is 662 g/mol. The van der Waals surface area contributed by atoms with Crippen LogP contribution in [-0.4, -0.2) is 29.4 Å². The second-order valence-corrected chi connectivity index (χ2v) is 13.1. The van der Waals surface area contributed by atoms with Crippen LogP contribution in [0.3, 0.4) is 0 Å². The molecule has 0 aliphatic carbocycles. The molecule has 1 amide bonds. The first-order valence-corrected chi connectivity index (χ1v) is 16.6. The summed E-state index contributed by atoms with van der Waals surface area (Å²) in [4.78, 5) is 29.5. The number of anilines is 1. The van der Waals surface area contributed by atoms with E-state index in [1.807, 2.05) is 115 Å². The van der Waals surface area contributed by atoms with Crippen molar-refractivity contribution in [2.24, 2.45) is 7.05 Å². The maximum Gasteiger partial charge on any atom is 0.296 e. The van der Waals surface area contributed by atoms with E-state index in [0.717, 1.165) is 28.6 Å². The molecule has 4 aromatic carbocycles. The second kappa shape index (κ2) is 13.2. The molecule has 1 saturated heterocycles. The molecule has 0 radical (unpaired) electrons. The number of nitrogens with zero attached hydrogens (tertiary/aromatic N) is 5. The fraction of sp³-hybridized carbons (Fsp3) is 0.0811. The minimum Gasteiger partial charge on any atom is -0.489 e. The Hall–Kier alpha value is -5.16. The van der Waals surface area contributed by atoms with Crippen LogP contribution in [0.15, 0.2) is 125 Å². The molecule has 7 rings (SSSR count). The van der Waals surface area contributed by atoms with Gasteiger partial charge in [0, 0.05) is 35.0 Å². The molecule has 238 valence electrons. The zero-order valence-electron chi connectivity index (χ0n) is 25.9. The molecule has 8 nitrogen and oxygen atoms in total. The van der Waals surface area contributed by atoms with Crippen molar-refractivity contribution < 1.29 is 9.53 Å². The highest BCUT2D eigenvalue weighted by Gasteiger charge is 2.38. The number of hydrogen-bond acceptors (Lipinski definition) is 6. The molecule has 1 fully saturated rings. The predicted molar refractivity (Wildman–Crippen MR) is 196 cm³/mol. The molecular formula is C37H28ClN5O3S2. The van der Waals surface area contributed by atoms with Crippen LogP contribution in [0.4, 0.5) is 5.69 Å². The number of carbonyl (C=O) groups excluding carboxylic acids is 1. The minimum atomic E-state index is -0.369. The molecule has 0 unspecified atom stereocenters. The van der Waals surface area contributed by atoms with Crippen molar-refractivity contribution in [2.75, 3.05) is 4.90 Å². The van der Waals surface area contributed by atoms with Crippen LogP contribution >= 0.6 is 35.6 Å². The Kier molecular flexibility index (Phi) is 8.62. The zero-order chi connectivity index (χ0) is 33.4. The fourth-order valence-corrected chi connectivity index (χ4v) is 7.01. The summed E-state index contributed by atoms with van der Waals surface area (Å²) in [5.41, 5.74) is 5.10. The molecule has 0 saturated carbocycles. The number of rotatable bonds is 8. The Morgan fingerprint density at radius 3 is 2.31 bits per heavy atom. The van der Waals surface area contributed by atoms with Gasteiger partial charge >= 0.3 is 0 Å². The van der Waals surface area contributed by atoms with E-state index in [2.05, 4.69) is 0 Å². The van der Waals surface area contributed by atoms with Crippen molar-refractivity contribution in [3.05, 3.63) is 152 Å². The molecule has 48 heavy (non-hydrogen) atoms. The normalized spacial score (nSPS) is 13.9. The number of carbonyl (C=O) groups is 1. The maximum absolute atomic E-state index is 14.0. The lowest BCUT2D eigenvalue weighted by molar-refractivity contribution is -0.113. The minimum absolute atomic E-state index is 0.232. The first kappa shape index (κ1) is 31.4. The Bertz CT molecular complexity index is 2280. The average Bonchev–Trinajstić information content (AvgIpc) is 3.72. The third-order valence-electron chi connectivity index (χ3n) is 8.05. The van der Waals surface area contributed by atoms with E-state index in [-0.39, 0.29) is 21.5 Å². The Morgan fingerprint density at radius 2 is 1.58 bits per heavy atom. The van der Waals surface area contributed by atoms with Gasteiger partial charge in [-0.3, -0.25) is 19.2 Å². The van der Waals surface area contributed by atoms with Crippen LogP contribution in [0.5, 0.6) is 5.75 Å². The van der Waals surface area contributed by atoms with Gasteiger partial charge in [0.15, 0.2) is 4.32 Å². The van der Waals surface area contributed by atoms with Gasteiger partial charge in [-0.25, -0.2) is 9.36 Å². The van der Waals surface area contributed by atoms with Crippen molar-refractivity contribution in [3.8, 4) is 28.4 Å². The molecule has 3 heterocycles. The second-order valence-electron chi connectivity index (χ2n) is 11.0. The van der Waals surface area contributed by atoms with Gasteiger partial charge < -0.3 is 4.74 Å². The number of aromatic nitrogens is 4. The maximum atomic E-state index is 14.0. The van der Waals surface area contributed by atoms with Crippen molar-refractivity contribution in [1.29, 1.82) is 0 Å². The summed E-state index contributed by atoms with van der Waals surface area (Å²) in [5.74, 6) is 0.277. The number of thiocarbonyl (C=S) groups is 1. The van der Waals surface area contributed by atoms with E-state index in [0.29, 0.717) is 44.9 Å². The number of amides is 1. The number of thioether (sulfide) groups is 1. The standard InChI is InChI=1S/C37H28ClN5O3S2/c1-24-34(36(45)43(40(24)2)29-16-7-4-8-17-29)42-35(44)32(48-37(42)47)21-27-22-41(28-14-5-3-6-15-28)39-33(27)25-13-11-18-30(20-25)46-23-26-12-9-10-19-31(26)38/h3-22H,23H2,1-2H3. The van der Waals surface area contributed by atoms with Crippen LogP contribution < -0.4 is 15.2 Å². The highest BCUT2D eigenvalue weighted by atomic mass is 35.5. The number of ether oxygens (including phenoxy) is 1. The van der Waals surface area contributed by atoms with Crippen molar-refractivity contribution in [2.45, 2.75) is 13.5 Å². The van der Waals surface area contributed by atoms with Gasteiger partial charge in [-0.2, -0.15) is 5.10 Å². The molecule has 2 aromatic heterocycles. The summed E-state index contributed by atoms with van der Waals surface area (Å²) in [5, 5.41) is 5.57. The lowest BCUT2D eigenvalue weighted by atomic mass is 10.1. The highest BCUT2D eigenvalue weighted by Crippen LogP contribution is 2.38. The Labute approximate surface area is 291 Å². The van der Waals surface area contributed by atoms with Crippen molar-refractivity contribution in [3.63, 3.8) is 0 Å². The molecule has 6 aromatic rings. The number of hydrogen-bond donors (Lipinski definition) is 0. The van der Waals surface area contributed by atoms with E-state index in [9.17, 15) is 9.59 Å². The average molecular weight is 690 g/mol. The van der Waals surface area contributed by atoms with E-state index in [4.69, 9.17) is 33.7 Å². The Morgan fingerprint density at radius 1 is 0.896 bits per heavy atom. The van der Waals surface area contributed by atoms with Crippen LogP contribution in [0, 0.1) is 6.92 Å². The molecule has 0 N–H and O–H groups in total. The topological polar surface area (TPSA) is 74.3 Å². The first-order valence-electron chi connectivity index (χ1n) is 15.0. The molecule has 11 heteroatoms. The lowest BCUT2D eigenvalue weighted by Gasteiger charge is -2.12. The van der Waals surface area contributed by atoms with Gasteiger partial charge in [-0.1, -0.05) is 102 Å². The largest absolute Gasteiger partial charge is 0.489 e. The van der Waals surface area contributed by atoms with Gasteiger partial charge in [-0.05, 0) is 55.5 Å². The SMILES string of the molecule is Cc1c(N2C(=O)C(=Cc3cn(-c4ccccc4)nc3-c3cccc(OCc4ccccc4Cl)c3)SC2=S)c(=O)n(-c2ccccc2)n1C. The Balaban J connectivity index is 1.26. The van der Waals surface area contributed by atoms with Crippen LogP contribution in [-0.2, 0) is 18.4 Å². The third-order valence-corrected chi connectivity index (χ3v) is 9.72. The van der Waals surface area contributed by atoms with E-state index < -0.39 is 0 Å². The summed E-state index contributed by atoms with van der Waals surface area (Å²) in [6, 6.07) is 34.2. The van der Waals surface area contributed by atoms with Gasteiger partial charge in [0.2, 0.25) is 0 Å². The van der Waals surface area contributed by atoms with Crippen LogP contribution in [0.2, 0.25) is 5.02 Å². The van der Waals surface area contributed by atoms with Crippen LogP contribution in [0.25, 0.3) is 28.7 Å². The summed E-state index contributed by atoms with van der Waals surface area (Å²) in [6.07, 6.45) is 3.66. The van der Waals surface area contributed by atoms with E-state index in [1.165, 1.54) is 9.58 Å². The zero-order valence-corrected chi connectivity index (χ0v) is 28.3. The van der Waals surface area contributed by atoms with Gasteiger partial charge in [0.25, 0.3) is 11.5 Å². The molecule has 0 spiro atoms. The lowest BCUT2D eigenvalue weighted by Crippen LogP contribution is -2.33.